The second-order valence-corrected chi connectivity index (χ2v) is 6.78. The van der Waals surface area contributed by atoms with Crippen molar-refractivity contribution in [1.82, 2.24) is 15.1 Å². The van der Waals surface area contributed by atoms with E-state index in [-0.39, 0.29) is 0 Å². The number of piperazine rings is 1. The van der Waals surface area contributed by atoms with E-state index in [0.717, 1.165) is 45.6 Å². The molecule has 2 N–H and O–H groups in total. The summed E-state index contributed by atoms with van der Waals surface area (Å²) in [7, 11) is 0. The number of hydrogen-bond acceptors (Lipinski definition) is 4. The van der Waals surface area contributed by atoms with Crippen LogP contribution in [-0.2, 0) is 4.79 Å². The molecule has 1 aliphatic carbocycles. The summed E-state index contributed by atoms with van der Waals surface area (Å²) in [6, 6.07) is 1.03. The SMILES string of the molecule is CC(C)N1CCN(CCC(C)(NC2CC2)C(=O)O)CC1. The van der Waals surface area contributed by atoms with E-state index >= 15 is 0 Å². The predicted molar refractivity (Wildman–Crippen MR) is 80.0 cm³/mol. The van der Waals surface area contributed by atoms with Gasteiger partial charge >= 0.3 is 5.97 Å². The number of nitrogens with one attached hydrogen (secondary N) is 1. The first-order valence-electron chi connectivity index (χ1n) is 7.88. The summed E-state index contributed by atoms with van der Waals surface area (Å²) in [5.41, 5.74) is -0.768. The first kappa shape index (κ1) is 15.7. The van der Waals surface area contributed by atoms with Crippen molar-refractivity contribution in [1.29, 1.82) is 0 Å². The van der Waals surface area contributed by atoms with E-state index in [0.29, 0.717) is 18.5 Å². The van der Waals surface area contributed by atoms with Gasteiger partial charge in [-0.1, -0.05) is 0 Å². The molecule has 1 saturated carbocycles. The van der Waals surface area contributed by atoms with E-state index in [1.165, 1.54) is 0 Å². The normalized spacial score (nSPS) is 24.8. The Kier molecular flexibility index (Phi) is 5.04. The van der Waals surface area contributed by atoms with Crippen molar-refractivity contribution < 1.29 is 9.90 Å². The Hall–Kier alpha value is -0.650. The molecular formula is C15H29N3O2. The Bertz CT molecular complexity index is 336. The first-order valence-corrected chi connectivity index (χ1v) is 7.88. The minimum absolute atomic E-state index is 0.425. The van der Waals surface area contributed by atoms with Gasteiger partial charge < -0.3 is 10.0 Å². The Balaban J connectivity index is 1.77. The number of aliphatic carboxylic acids is 1. The van der Waals surface area contributed by atoms with Crippen molar-refractivity contribution in [3.05, 3.63) is 0 Å². The van der Waals surface area contributed by atoms with E-state index in [1.54, 1.807) is 0 Å². The molecule has 2 aliphatic rings. The second kappa shape index (κ2) is 6.41. The third-order valence-electron chi connectivity index (χ3n) is 4.64. The Labute approximate surface area is 122 Å². The van der Waals surface area contributed by atoms with Gasteiger partial charge in [0, 0.05) is 44.8 Å². The second-order valence-electron chi connectivity index (χ2n) is 6.78. The van der Waals surface area contributed by atoms with E-state index in [2.05, 4.69) is 29.0 Å². The number of carboxylic acid groups (broad SMARTS) is 1. The molecule has 0 amide bonds. The number of rotatable bonds is 7. The monoisotopic (exact) mass is 283 g/mol. The molecule has 2 rings (SSSR count). The lowest BCUT2D eigenvalue weighted by Gasteiger charge is -2.38. The van der Waals surface area contributed by atoms with Gasteiger partial charge in [-0.2, -0.15) is 0 Å². The fourth-order valence-corrected chi connectivity index (χ4v) is 2.80. The van der Waals surface area contributed by atoms with Crippen molar-refractivity contribution in [2.24, 2.45) is 0 Å². The molecule has 116 valence electrons. The molecule has 5 nitrogen and oxygen atoms in total. The van der Waals surface area contributed by atoms with Crippen LogP contribution in [0.4, 0.5) is 0 Å². The molecule has 20 heavy (non-hydrogen) atoms. The van der Waals surface area contributed by atoms with Crippen molar-refractivity contribution >= 4 is 5.97 Å². The molecule has 0 radical (unpaired) electrons. The number of hydrogen-bond donors (Lipinski definition) is 2. The summed E-state index contributed by atoms with van der Waals surface area (Å²) in [5.74, 6) is -0.717. The highest BCUT2D eigenvalue weighted by molar-refractivity contribution is 5.78. The first-order chi connectivity index (χ1) is 9.40. The third-order valence-corrected chi connectivity index (χ3v) is 4.64. The number of carboxylic acids is 1. The number of nitrogens with zero attached hydrogens (tertiary/aromatic N) is 2. The highest BCUT2D eigenvalue weighted by Gasteiger charge is 2.38. The molecule has 0 spiro atoms. The number of carbonyl (C=O) groups is 1. The predicted octanol–water partition coefficient (Wildman–Crippen LogP) is 0.998. The lowest BCUT2D eigenvalue weighted by molar-refractivity contribution is -0.144. The quantitative estimate of drug-likeness (QED) is 0.730. The molecule has 1 atom stereocenters. The van der Waals surface area contributed by atoms with Crippen LogP contribution in [0.1, 0.15) is 40.0 Å². The molecule has 1 heterocycles. The van der Waals surface area contributed by atoms with Crippen molar-refractivity contribution in [2.45, 2.75) is 57.7 Å². The Morgan fingerprint density at radius 1 is 1.30 bits per heavy atom. The van der Waals surface area contributed by atoms with Gasteiger partial charge in [-0.25, -0.2) is 0 Å². The van der Waals surface area contributed by atoms with E-state index in [9.17, 15) is 9.90 Å². The largest absolute Gasteiger partial charge is 0.480 e. The minimum Gasteiger partial charge on any atom is -0.480 e. The van der Waals surface area contributed by atoms with E-state index in [1.807, 2.05) is 6.92 Å². The van der Waals surface area contributed by atoms with Crippen molar-refractivity contribution in [2.75, 3.05) is 32.7 Å². The highest BCUT2D eigenvalue weighted by Crippen LogP contribution is 2.24. The maximum Gasteiger partial charge on any atom is 0.323 e. The van der Waals surface area contributed by atoms with Crippen LogP contribution in [0, 0.1) is 0 Å². The Morgan fingerprint density at radius 3 is 2.35 bits per heavy atom. The molecule has 0 bridgehead atoms. The third kappa shape index (κ3) is 4.17. The molecule has 1 unspecified atom stereocenters. The van der Waals surface area contributed by atoms with Crippen LogP contribution in [0.2, 0.25) is 0 Å². The molecule has 5 heteroatoms. The van der Waals surface area contributed by atoms with Gasteiger partial charge in [-0.3, -0.25) is 15.0 Å². The Morgan fingerprint density at radius 2 is 1.90 bits per heavy atom. The maximum atomic E-state index is 11.5. The molecule has 1 saturated heterocycles. The molecule has 1 aliphatic heterocycles. The van der Waals surface area contributed by atoms with Crippen LogP contribution in [0.15, 0.2) is 0 Å². The van der Waals surface area contributed by atoms with Gasteiger partial charge in [-0.15, -0.1) is 0 Å². The van der Waals surface area contributed by atoms with Crippen LogP contribution in [-0.4, -0.2) is 71.2 Å². The summed E-state index contributed by atoms with van der Waals surface area (Å²) in [4.78, 5) is 16.4. The average Bonchev–Trinajstić information content (AvgIpc) is 3.20. The van der Waals surface area contributed by atoms with Gasteiger partial charge in [0.2, 0.25) is 0 Å². The molecule has 0 aromatic rings. The molecule has 2 fully saturated rings. The minimum atomic E-state index is -0.768. The zero-order valence-electron chi connectivity index (χ0n) is 13.1. The summed E-state index contributed by atoms with van der Waals surface area (Å²) in [5, 5.41) is 12.8. The average molecular weight is 283 g/mol. The van der Waals surface area contributed by atoms with Gasteiger partial charge in [0.15, 0.2) is 0 Å². The van der Waals surface area contributed by atoms with Gasteiger partial charge in [-0.05, 0) is 40.0 Å². The maximum absolute atomic E-state index is 11.5. The van der Waals surface area contributed by atoms with Crippen molar-refractivity contribution in [3.63, 3.8) is 0 Å². The van der Waals surface area contributed by atoms with Gasteiger partial charge in [0.05, 0.1) is 0 Å². The van der Waals surface area contributed by atoms with Gasteiger partial charge in [0.1, 0.15) is 5.54 Å². The van der Waals surface area contributed by atoms with E-state index < -0.39 is 11.5 Å². The fraction of sp³-hybridized carbons (Fsp3) is 0.933. The smallest absolute Gasteiger partial charge is 0.323 e. The lowest BCUT2D eigenvalue weighted by atomic mass is 9.97. The van der Waals surface area contributed by atoms with E-state index in [4.69, 9.17) is 0 Å². The fourth-order valence-electron chi connectivity index (χ4n) is 2.80. The zero-order valence-corrected chi connectivity index (χ0v) is 13.1. The molecular weight excluding hydrogens is 254 g/mol. The standard InChI is InChI=1S/C15H29N3O2/c1-12(2)18-10-8-17(9-11-18)7-6-15(3,14(19)20)16-13-4-5-13/h12-13,16H,4-11H2,1-3H3,(H,19,20). The zero-order chi connectivity index (χ0) is 14.8. The highest BCUT2D eigenvalue weighted by atomic mass is 16.4. The van der Waals surface area contributed by atoms with Crippen LogP contribution in [0.25, 0.3) is 0 Å². The van der Waals surface area contributed by atoms with Crippen LogP contribution in [0.3, 0.4) is 0 Å². The van der Waals surface area contributed by atoms with Crippen LogP contribution in [0.5, 0.6) is 0 Å². The van der Waals surface area contributed by atoms with Crippen molar-refractivity contribution in [3.8, 4) is 0 Å². The topological polar surface area (TPSA) is 55.8 Å². The summed E-state index contributed by atoms with van der Waals surface area (Å²) < 4.78 is 0. The van der Waals surface area contributed by atoms with Gasteiger partial charge in [0.25, 0.3) is 0 Å². The van der Waals surface area contributed by atoms with Crippen LogP contribution >= 0.6 is 0 Å². The lowest BCUT2D eigenvalue weighted by Crippen LogP contribution is -2.54. The summed E-state index contributed by atoms with van der Waals surface area (Å²) in [6.45, 7) is 11.5. The summed E-state index contributed by atoms with van der Waals surface area (Å²) >= 11 is 0. The molecule has 0 aromatic heterocycles. The molecule has 0 aromatic carbocycles. The summed E-state index contributed by atoms with van der Waals surface area (Å²) in [6.07, 6.45) is 2.92. The van der Waals surface area contributed by atoms with Crippen LogP contribution < -0.4 is 5.32 Å².